The molecule has 0 heterocycles. The number of methoxy groups -OCH3 is 1. The first-order valence-corrected chi connectivity index (χ1v) is 8.89. The van der Waals surface area contributed by atoms with Gasteiger partial charge in [-0.25, -0.2) is 8.78 Å². The van der Waals surface area contributed by atoms with Crippen LogP contribution in [0.1, 0.15) is 18.9 Å². The third-order valence-electron chi connectivity index (χ3n) is 4.26. The summed E-state index contributed by atoms with van der Waals surface area (Å²) in [6, 6.07) is 12.8. The molecule has 2 aromatic carbocycles. The molecule has 0 saturated carbocycles. The Morgan fingerprint density at radius 2 is 1.67 bits per heavy atom. The van der Waals surface area contributed by atoms with Crippen LogP contribution < -0.4 is 4.74 Å². The van der Waals surface area contributed by atoms with Gasteiger partial charge in [0.25, 0.3) is 0 Å². The molecule has 0 aliphatic heterocycles. The normalized spacial score (nSPS) is 14.6. The number of hydrogen-bond acceptors (Lipinski definition) is 4. The van der Waals surface area contributed by atoms with Crippen LogP contribution in [0.5, 0.6) is 5.75 Å². The Morgan fingerprint density at radius 3 is 2.30 bits per heavy atom. The predicted octanol–water partition coefficient (Wildman–Crippen LogP) is 3.96. The highest BCUT2D eigenvalue weighted by Gasteiger charge is 2.21. The minimum atomic E-state index is -0.701. The molecule has 2 aromatic rings. The van der Waals surface area contributed by atoms with Crippen molar-refractivity contribution in [2.24, 2.45) is 5.92 Å². The molecule has 0 aliphatic rings. The molecule has 0 fully saturated rings. The van der Waals surface area contributed by atoms with Crippen molar-refractivity contribution in [2.45, 2.75) is 32.2 Å². The minimum Gasteiger partial charge on any atom is -0.493 e. The maximum Gasteiger partial charge on any atom is 0.129 e. The van der Waals surface area contributed by atoms with Gasteiger partial charge in [-0.3, -0.25) is 0 Å². The first-order chi connectivity index (χ1) is 13.0. The molecular weight excluding hydrogens is 354 g/mol. The lowest BCUT2D eigenvalue weighted by molar-refractivity contribution is -0.0352. The summed E-state index contributed by atoms with van der Waals surface area (Å²) in [4.78, 5) is 0. The van der Waals surface area contributed by atoms with Crippen LogP contribution in [0.3, 0.4) is 0 Å². The Kier molecular flexibility index (Phi) is 8.64. The molecule has 0 aromatic heterocycles. The smallest absolute Gasteiger partial charge is 0.129 e. The molecule has 0 radical (unpaired) electrons. The van der Waals surface area contributed by atoms with E-state index in [-0.39, 0.29) is 24.4 Å². The van der Waals surface area contributed by atoms with E-state index < -0.39 is 17.7 Å². The summed E-state index contributed by atoms with van der Waals surface area (Å²) in [5.74, 6) is -1.55. The summed E-state index contributed by atoms with van der Waals surface area (Å²) in [7, 11) is 1.57. The lowest BCUT2D eigenvalue weighted by Gasteiger charge is -2.24. The topological polar surface area (TPSA) is 47.9 Å². The second-order valence-corrected chi connectivity index (χ2v) is 6.55. The third-order valence-corrected chi connectivity index (χ3v) is 4.26. The fourth-order valence-corrected chi connectivity index (χ4v) is 2.57. The lowest BCUT2D eigenvalue weighted by Crippen LogP contribution is -2.31. The zero-order valence-electron chi connectivity index (χ0n) is 15.6. The van der Waals surface area contributed by atoms with E-state index in [1.54, 1.807) is 14.0 Å². The summed E-state index contributed by atoms with van der Waals surface area (Å²) in [5, 5.41) is 10.4. The van der Waals surface area contributed by atoms with Crippen molar-refractivity contribution >= 4 is 0 Å². The van der Waals surface area contributed by atoms with Gasteiger partial charge in [0.15, 0.2) is 0 Å². The van der Waals surface area contributed by atoms with E-state index in [4.69, 9.17) is 14.2 Å². The van der Waals surface area contributed by atoms with Gasteiger partial charge < -0.3 is 19.3 Å². The molecule has 0 amide bonds. The standard InChI is InChI=1S/C21H26F2O4/c1-15(12-27-19-9-17(22)8-18(23)10-19)21(24)11-20(25-2)14-26-13-16-6-4-3-5-7-16/h3-10,15,20-21,24H,11-14H2,1-2H3. The second kappa shape index (κ2) is 11.0. The van der Waals surface area contributed by atoms with Crippen molar-refractivity contribution in [3.05, 3.63) is 65.7 Å². The lowest BCUT2D eigenvalue weighted by atomic mass is 10.00. The van der Waals surface area contributed by atoms with Gasteiger partial charge in [-0.1, -0.05) is 37.3 Å². The van der Waals surface area contributed by atoms with Crippen LogP contribution >= 0.6 is 0 Å². The van der Waals surface area contributed by atoms with Gasteiger partial charge in [-0.2, -0.15) is 0 Å². The van der Waals surface area contributed by atoms with Gasteiger partial charge in [-0.15, -0.1) is 0 Å². The van der Waals surface area contributed by atoms with Crippen molar-refractivity contribution in [3.63, 3.8) is 0 Å². The Hall–Kier alpha value is -2.02. The SMILES string of the molecule is COC(COCc1ccccc1)CC(O)C(C)COc1cc(F)cc(F)c1. The zero-order chi connectivity index (χ0) is 19.6. The molecule has 0 aliphatic carbocycles. The molecule has 27 heavy (non-hydrogen) atoms. The molecule has 4 nitrogen and oxygen atoms in total. The van der Waals surface area contributed by atoms with Crippen LogP contribution in [0, 0.1) is 17.6 Å². The highest BCUT2D eigenvalue weighted by atomic mass is 19.1. The number of aliphatic hydroxyl groups excluding tert-OH is 1. The number of ether oxygens (including phenoxy) is 3. The molecule has 0 spiro atoms. The molecule has 3 atom stereocenters. The zero-order valence-corrected chi connectivity index (χ0v) is 15.6. The maximum atomic E-state index is 13.2. The Morgan fingerprint density at radius 1 is 1.00 bits per heavy atom. The van der Waals surface area contributed by atoms with Crippen LogP contribution in [-0.2, 0) is 16.1 Å². The minimum absolute atomic E-state index is 0.0982. The Labute approximate surface area is 158 Å². The number of aliphatic hydroxyl groups is 1. The van der Waals surface area contributed by atoms with Gasteiger partial charge in [0.2, 0.25) is 0 Å². The first-order valence-electron chi connectivity index (χ1n) is 8.89. The molecule has 3 unspecified atom stereocenters. The molecule has 148 valence electrons. The molecular formula is C21H26F2O4. The Bertz CT molecular complexity index is 661. The fourth-order valence-electron chi connectivity index (χ4n) is 2.57. The van der Waals surface area contributed by atoms with Crippen molar-refractivity contribution in [2.75, 3.05) is 20.3 Å². The second-order valence-electron chi connectivity index (χ2n) is 6.55. The summed E-state index contributed by atoms with van der Waals surface area (Å²) in [6.45, 7) is 2.76. The molecule has 0 bridgehead atoms. The summed E-state index contributed by atoms with van der Waals surface area (Å²) >= 11 is 0. The van der Waals surface area contributed by atoms with Crippen molar-refractivity contribution < 1.29 is 28.1 Å². The first kappa shape index (κ1) is 21.3. The van der Waals surface area contributed by atoms with Gasteiger partial charge in [0.1, 0.15) is 17.4 Å². The van der Waals surface area contributed by atoms with Crippen molar-refractivity contribution in [3.8, 4) is 5.75 Å². The Balaban J connectivity index is 1.74. The van der Waals surface area contributed by atoms with E-state index in [9.17, 15) is 13.9 Å². The van der Waals surface area contributed by atoms with E-state index in [0.717, 1.165) is 23.8 Å². The van der Waals surface area contributed by atoms with Gasteiger partial charge in [0, 0.05) is 37.6 Å². The monoisotopic (exact) mass is 380 g/mol. The highest BCUT2D eigenvalue weighted by Crippen LogP contribution is 2.18. The van der Waals surface area contributed by atoms with Crippen LogP contribution in [0.2, 0.25) is 0 Å². The number of rotatable bonds is 11. The third kappa shape index (κ3) is 7.62. The summed E-state index contributed by atoms with van der Waals surface area (Å²) in [5.41, 5.74) is 1.07. The largest absolute Gasteiger partial charge is 0.493 e. The van der Waals surface area contributed by atoms with Crippen LogP contribution in [0.4, 0.5) is 8.78 Å². The van der Waals surface area contributed by atoms with E-state index >= 15 is 0 Å². The number of benzene rings is 2. The summed E-state index contributed by atoms with van der Waals surface area (Å²) in [6.07, 6.45) is -0.598. The van der Waals surface area contributed by atoms with Crippen LogP contribution in [-0.4, -0.2) is 37.6 Å². The van der Waals surface area contributed by atoms with Crippen LogP contribution in [0.25, 0.3) is 0 Å². The van der Waals surface area contributed by atoms with Crippen molar-refractivity contribution in [1.29, 1.82) is 0 Å². The van der Waals surface area contributed by atoms with E-state index in [2.05, 4.69) is 0 Å². The molecule has 1 N–H and O–H groups in total. The van der Waals surface area contributed by atoms with E-state index in [1.165, 1.54) is 0 Å². The summed E-state index contributed by atoms with van der Waals surface area (Å²) < 4.78 is 42.8. The average Bonchev–Trinajstić information content (AvgIpc) is 2.65. The predicted molar refractivity (Wildman–Crippen MR) is 98.5 cm³/mol. The molecule has 0 saturated heterocycles. The highest BCUT2D eigenvalue weighted by molar-refractivity contribution is 5.23. The number of halogens is 2. The van der Waals surface area contributed by atoms with E-state index in [0.29, 0.717) is 19.6 Å². The maximum absolute atomic E-state index is 13.2. The van der Waals surface area contributed by atoms with Gasteiger partial charge in [-0.05, 0) is 5.56 Å². The van der Waals surface area contributed by atoms with Gasteiger partial charge in [0.05, 0.1) is 32.0 Å². The quantitative estimate of drug-likeness (QED) is 0.641. The van der Waals surface area contributed by atoms with Crippen LogP contribution in [0.15, 0.2) is 48.5 Å². The number of hydrogen-bond donors (Lipinski definition) is 1. The molecule has 6 heteroatoms. The average molecular weight is 380 g/mol. The van der Waals surface area contributed by atoms with Crippen molar-refractivity contribution in [1.82, 2.24) is 0 Å². The molecule has 2 rings (SSSR count). The fraction of sp³-hybridized carbons (Fsp3) is 0.429. The van der Waals surface area contributed by atoms with Gasteiger partial charge >= 0.3 is 0 Å². The van der Waals surface area contributed by atoms with E-state index in [1.807, 2.05) is 30.3 Å².